The first-order valence-corrected chi connectivity index (χ1v) is 11.1. The number of benzene rings is 3. The Morgan fingerprint density at radius 2 is 1.50 bits per heavy atom. The van der Waals surface area contributed by atoms with Crippen LogP contribution >= 0.6 is 11.6 Å². The molecule has 4 nitrogen and oxygen atoms in total. The highest BCUT2D eigenvalue weighted by Gasteiger charge is 2.20. The van der Waals surface area contributed by atoms with Crippen molar-refractivity contribution in [3.05, 3.63) is 98.6 Å². The second-order valence-corrected chi connectivity index (χ2v) is 8.47. The van der Waals surface area contributed by atoms with Crippen LogP contribution in [0.1, 0.15) is 11.1 Å². The van der Waals surface area contributed by atoms with Gasteiger partial charge in [-0.05, 0) is 53.1 Å². The average Bonchev–Trinajstić information content (AvgIpc) is 2.77. The van der Waals surface area contributed by atoms with Gasteiger partial charge in [0.25, 0.3) is 0 Å². The van der Waals surface area contributed by atoms with E-state index in [1.165, 1.54) is 6.08 Å². The van der Waals surface area contributed by atoms with Gasteiger partial charge in [0.1, 0.15) is 0 Å². The van der Waals surface area contributed by atoms with Gasteiger partial charge in [-0.2, -0.15) is 0 Å². The first kappa shape index (κ1) is 24.2. The average molecular weight is 602 g/mol. The third kappa shape index (κ3) is 6.48. The molecule has 156 valence electrons. The van der Waals surface area contributed by atoms with Crippen LogP contribution in [0.25, 0.3) is 5.57 Å². The van der Waals surface area contributed by atoms with Crippen molar-refractivity contribution in [1.82, 2.24) is 0 Å². The maximum absolute atomic E-state index is 12.6. The van der Waals surface area contributed by atoms with Crippen molar-refractivity contribution in [2.75, 3.05) is 14.2 Å². The molecule has 3 aromatic rings. The number of hydrogen-bond acceptors (Lipinski definition) is 4. The molecule has 0 amide bonds. The molecule has 7 heteroatoms. The molecule has 0 spiro atoms. The summed E-state index contributed by atoms with van der Waals surface area (Å²) in [6.45, 7) is 0. The second kappa shape index (κ2) is 12.0. The number of halogens is 3. The highest BCUT2D eigenvalue weighted by molar-refractivity contribution is 6.30. The fraction of sp³-hybridized carbons (Fsp3) is 0.0870. The molecule has 3 aromatic carbocycles. The summed E-state index contributed by atoms with van der Waals surface area (Å²) in [4.78, 5) is 12.6. The molecule has 0 bridgehead atoms. The molecule has 0 aliphatic rings. The van der Waals surface area contributed by atoms with E-state index in [4.69, 9.17) is 24.1 Å². The Hall–Kier alpha value is -2.03. The van der Waals surface area contributed by atoms with Crippen LogP contribution in [0, 0.1) is 3.57 Å². The fourth-order valence-corrected chi connectivity index (χ4v) is 4.09. The van der Waals surface area contributed by atoms with E-state index in [0.717, 1.165) is 14.7 Å². The minimum absolute atomic E-state index is 0. The van der Waals surface area contributed by atoms with Crippen LogP contribution in [-0.2, 0) is 7.86 Å². The zero-order valence-electron chi connectivity index (χ0n) is 16.3. The molecule has 0 aliphatic heterocycles. The SMILES string of the molecule is COc1ccc(/C(=C\C(=O)O[I+]c2ccccc2)c2ccc(Cl)cc2)cc1OC.[Br-]. The second-order valence-electron chi connectivity index (χ2n) is 5.90. The molecular formula is C23H19BrClIO4. The number of ether oxygens (including phenoxy) is 2. The molecule has 30 heavy (non-hydrogen) atoms. The highest BCUT2D eigenvalue weighted by atomic mass is 127. The molecular weight excluding hydrogens is 583 g/mol. The van der Waals surface area contributed by atoms with Gasteiger partial charge >= 0.3 is 27.6 Å². The van der Waals surface area contributed by atoms with Gasteiger partial charge in [-0.1, -0.05) is 48.0 Å². The van der Waals surface area contributed by atoms with Gasteiger partial charge in [-0.15, -0.1) is 0 Å². The first-order valence-electron chi connectivity index (χ1n) is 8.71. The lowest BCUT2D eigenvalue weighted by molar-refractivity contribution is -0.851. The lowest BCUT2D eigenvalue weighted by Gasteiger charge is -2.12. The largest absolute Gasteiger partial charge is 1.00 e. The summed E-state index contributed by atoms with van der Waals surface area (Å²) < 4.78 is 17.3. The molecule has 0 heterocycles. The molecule has 0 N–H and O–H groups in total. The highest BCUT2D eigenvalue weighted by Crippen LogP contribution is 2.33. The zero-order chi connectivity index (χ0) is 20.6. The molecule has 0 fully saturated rings. The van der Waals surface area contributed by atoms with Crippen molar-refractivity contribution in [3.63, 3.8) is 0 Å². The standard InChI is InChI=1S/C23H19ClIO4.BrH/c1-27-21-13-10-17(14-22(21)28-2)20(16-8-11-18(24)12-9-16)15-23(26)29-25-19-6-4-3-5-7-19;/h3-15H,1-2H3;1H/q+1;/p-1/b20-15-;. The number of carbonyl (C=O) groups is 1. The van der Waals surface area contributed by atoms with E-state index in [2.05, 4.69) is 0 Å². The topological polar surface area (TPSA) is 44.8 Å². The van der Waals surface area contributed by atoms with Crippen molar-refractivity contribution in [1.29, 1.82) is 0 Å². The molecule has 3 rings (SSSR count). The number of carbonyl (C=O) groups excluding carboxylic acids is 1. The van der Waals surface area contributed by atoms with Crippen LogP contribution in [0.15, 0.2) is 78.9 Å². The van der Waals surface area contributed by atoms with Crippen molar-refractivity contribution < 1.29 is 55.9 Å². The Kier molecular flexibility index (Phi) is 9.68. The normalized spacial score (nSPS) is 10.7. The predicted molar refractivity (Wildman–Crippen MR) is 109 cm³/mol. The lowest BCUT2D eigenvalue weighted by Crippen LogP contribution is -3.62. The van der Waals surface area contributed by atoms with Crippen molar-refractivity contribution >= 4 is 23.1 Å². The van der Waals surface area contributed by atoms with Crippen LogP contribution in [-0.4, -0.2) is 20.2 Å². The summed E-state index contributed by atoms with van der Waals surface area (Å²) in [6, 6.07) is 22.5. The van der Waals surface area contributed by atoms with E-state index in [1.54, 1.807) is 32.4 Å². The monoisotopic (exact) mass is 600 g/mol. The molecule has 0 aromatic heterocycles. The van der Waals surface area contributed by atoms with E-state index < -0.39 is 21.6 Å². The van der Waals surface area contributed by atoms with Gasteiger partial charge in [0.15, 0.2) is 11.5 Å². The summed E-state index contributed by atoms with van der Waals surface area (Å²) in [5.74, 6) is 0.806. The third-order valence-corrected chi connectivity index (χ3v) is 6.18. The van der Waals surface area contributed by atoms with Crippen LogP contribution in [0.4, 0.5) is 0 Å². The Balaban J connectivity index is 0.00000320. The van der Waals surface area contributed by atoms with Gasteiger partial charge in [-0.3, -0.25) is 0 Å². The lowest BCUT2D eigenvalue weighted by atomic mass is 9.97. The molecule has 0 atom stereocenters. The van der Waals surface area contributed by atoms with Gasteiger partial charge in [0, 0.05) is 11.1 Å². The van der Waals surface area contributed by atoms with Crippen LogP contribution in [0.5, 0.6) is 11.5 Å². The Morgan fingerprint density at radius 1 is 0.867 bits per heavy atom. The Bertz CT molecular complexity index is 1010. The van der Waals surface area contributed by atoms with Gasteiger partial charge < -0.3 is 26.5 Å². The molecule has 0 aliphatic carbocycles. The third-order valence-electron chi connectivity index (χ3n) is 4.05. The van der Waals surface area contributed by atoms with Crippen LogP contribution < -0.4 is 48.1 Å². The minimum Gasteiger partial charge on any atom is -1.00 e. The summed E-state index contributed by atoms with van der Waals surface area (Å²) in [7, 11) is 3.16. The van der Waals surface area contributed by atoms with Crippen molar-refractivity contribution in [3.8, 4) is 11.5 Å². The van der Waals surface area contributed by atoms with E-state index >= 15 is 0 Å². The summed E-state index contributed by atoms with van der Waals surface area (Å²) in [5, 5.41) is 0.623. The van der Waals surface area contributed by atoms with Crippen LogP contribution in [0.3, 0.4) is 0 Å². The number of rotatable bonds is 7. The Morgan fingerprint density at radius 3 is 2.13 bits per heavy atom. The number of hydrogen-bond donors (Lipinski definition) is 0. The molecule has 0 unspecified atom stereocenters. The van der Waals surface area contributed by atoms with E-state index in [-0.39, 0.29) is 23.0 Å². The summed E-state index contributed by atoms with van der Waals surface area (Å²) >= 11 is 5.16. The van der Waals surface area contributed by atoms with Gasteiger partial charge in [0.2, 0.25) is 3.57 Å². The predicted octanol–water partition coefficient (Wildman–Crippen LogP) is -0.790. The van der Waals surface area contributed by atoms with Crippen molar-refractivity contribution in [2.24, 2.45) is 0 Å². The van der Waals surface area contributed by atoms with Gasteiger partial charge in [0.05, 0.1) is 14.2 Å². The van der Waals surface area contributed by atoms with Crippen molar-refractivity contribution in [2.45, 2.75) is 0 Å². The smallest absolute Gasteiger partial charge is 0.584 e. The minimum atomic E-state index is -0.868. The van der Waals surface area contributed by atoms with Crippen LogP contribution in [0.2, 0.25) is 5.02 Å². The number of methoxy groups -OCH3 is 2. The maximum atomic E-state index is 12.6. The first-order chi connectivity index (χ1) is 14.1. The maximum Gasteiger partial charge on any atom is 0.584 e. The Labute approximate surface area is 202 Å². The summed E-state index contributed by atoms with van der Waals surface area (Å²) in [5.41, 5.74) is 2.36. The quantitative estimate of drug-likeness (QED) is 0.263. The zero-order valence-corrected chi connectivity index (χ0v) is 20.8. The fourth-order valence-electron chi connectivity index (χ4n) is 2.66. The molecule has 0 radical (unpaired) electrons. The van der Waals surface area contributed by atoms with Gasteiger partial charge in [-0.25, -0.2) is 7.86 Å². The molecule has 0 saturated heterocycles. The summed E-state index contributed by atoms with van der Waals surface area (Å²) in [6.07, 6.45) is 1.51. The van der Waals surface area contributed by atoms with E-state index in [9.17, 15) is 4.79 Å². The molecule has 0 saturated carbocycles. The van der Waals surface area contributed by atoms with E-state index in [1.807, 2.05) is 54.6 Å². The van der Waals surface area contributed by atoms with E-state index in [0.29, 0.717) is 22.1 Å².